The minimum atomic E-state index is -0.273. The number of carbonyl (C=O) groups is 1. The van der Waals surface area contributed by atoms with Gasteiger partial charge in [-0.2, -0.15) is 5.10 Å². The summed E-state index contributed by atoms with van der Waals surface area (Å²) >= 11 is 1.43. The Bertz CT molecular complexity index is 901. The molecule has 0 aliphatic carbocycles. The Morgan fingerprint density at radius 3 is 3.00 bits per heavy atom. The van der Waals surface area contributed by atoms with Gasteiger partial charge in [0.05, 0.1) is 17.1 Å². The number of amides is 1. The zero-order valence-corrected chi connectivity index (χ0v) is 14.2. The van der Waals surface area contributed by atoms with Crippen molar-refractivity contribution in [3.05, 3.63) is 52.9 Å². The molecule has 24 heavy (non-hydrogen) atoms. The number of piperidine rings is 1. The minimum Gasteiger partial charge on any atom is -0.331 e. The highest BCUT2D eigenvalue weighted by Crippen LogP contribution is 2.34. The molecule has 4 nitrogen and oxygen atoms in total. The first kappa shape index (κ1) is 15.3. The lowest BCUT2D eigenvalue weighted by atomic mass is 9.97. The van der Waals surface area contributed by atoms with Gasteiger partial charge in [-0.15, -0.1) is 11.3 Å². The topological polar surface area (TPSA) is 38.1 Å². The Hall–Kier alpha value is -2.21. The predicted molar refractivity (Wildman–Crippen MR) is 92.6 cm³/mol. The third-order valence-corrected chi connectivity index (χ3v) is 5.67. The van der Waals surface area contributed by atoms with Gasteiger partial charge in [0.1, 0.15) is 5.82 Å². The molecule has 6 heteroatoms. The van der Waals surface area contributed by atoms with Gasteiger partial charge in [-0.3, -0.25) is 9.48 Å². The number of carbonyl (C=O) groups excluding carboxylic acids is 1. The molecule has 3 heterocycles. The summed E-state index contributed by atoms with van der Waals surface area (Å²) in [6, 6.07) is 6.53. The van der Waals surface area contributed by atoms with Gasteiger partial charge in [0.25, 0.3) is 5.91 Å². The first-order valence-corrected chi connectivity index (χ1v) is 8.92. The Morgan fingerprint density at radius 2 is 2.21 bits per heavy atom. The molecule has 0 radical (unpaired) electrons. The van der Waals surface area contributed by atoms with Gasteiger partial charge in [0.15, 0.2) is 0 Å². The monoisotopic (exact) mass is 343 g/mol. The van der Waals surface area contributed by atoms with Crippen molar-refractivity contribution < 1.29 is 9.18 Å². The van der Waals surface area contributed by atoms with Crippen molar-refractivity contribution >= 4 is 27.3 Å². The van der Waals surface area contributed by atoms with Crippen molar-refractivity contribution in [2.75, 3.05) is 6.54 Å². The number of fused-ring (bicyclic) bond motifs is 1. The third kappa shape index (κ3) is 2.71. The molecule has 3 aromatic rings. The molecule has 1 aromatic carbocycles. The lowest BCUT2D eigenvalue weighted by Crippen LogP contribution is -2.38. The van der Waals surface area contributed by atoms with Crippen LogP contribution in [0.25, 0.3) is 10.1 Å². The number of thiophene rings is 1. The van der Waals surface area contributed by atoms with E-state index in [-0.39, 0.29) is 17.8 Å². The number of halogens is 1. The van der Waals surface area contributed by atoms with E-state index >= 15 is 0 Å². The highest BCUT2D eigenvalue weighted by molar-refractivity contribution is 7.20. The van der Waals surface area contributed by atoms with Crippen LogP contribution < -0.4 is 0 Å². The zero-order chi connectivity index (χ0) is 16.7. The molecule has 1 amide bonds. The SMILES string of the molecule is Cn1cc([C@@H]2CCCCN2C(=O)c2cc3cc(F)ccc3s2)cn1. The van der Waals surface area contributed by atoms with Crippen molar-refractivity contribution in [3.63, 3.8) is 0 Å². The number of aryl methyl sites for hydroxylation is 1. The van der Waals surface area contributed by atoms with E-state index in [1.54, 1.807) is 16.8 Å². The fraction of sp³-hybridized carbons (Fsp3) is 0.333. The Morgan fingerprint density at radius 1 is 1.33 bits per heavy atom. The van der Waals surface area contributed by atoms with E-state index in [9.17, 15) is 9.18 Å². The molecule has 1 fully saturated rings. The summed E-state index contributed by atoms with van der Waals surface area (Å²) in [6.45, 7) is 0.751. The molecule has 0 spiro atoms. The molecule has 0 unspecified atom stereocenters. The van der Waals surface area contributed by atoms with Gasteiger partial charge < -0.3 is 4.90 Å². The molecule has 0 saturated carbocycles. The van der Waals surface area contributed by atoms with Crippen LogP contribution in [0.1, 0.15) is 40.5 Å². The summed E-state index contributed by atoms with van der Waals surface area (Å²) in [7, 11) is 1.89. The number of nitrogens with zero attached hydrogens (tertiary/aromatic N) is 3. The average Bonchev–Trinajstić information content (AvgIpc) is 3.20. The summed E-state index contributed by atoms with van der Waals surface area (Å²) in [5, 5.41) is 5.03. The number of aromatic nitrogens is 2. The Labute approximate surface area is 143 Å². The van der Waals surface area contributed by atoms with Crippen LogP contribution in [-0.4, -0.2) is 27.1 Å². The molecule has 0 N–H and O–H groups in total. The molecular weight excluding hydrogens is 325 g/mol. The van der Waals surface area contributed by atoms with Crippen LogP contribution >= 0.6 is 11.3 Å². The van der Waals surface area contributed by atoms with E-state index in [0.717, 1.165) is 41.5 Å². The first-order chi connectivity index (χ1) is 11.6. The molecule has 0 bridgehead atoms. The maximum Gasteiger partial charge on any atom is 0.264 e. The molecule has 4 rings (SSSR count). The summed E-state index contributed by atoms with van der Waals surface area (Å²) in [5.41, 5.74) is 1.08. The highest BCUT2D eigenvalue weighted by Gasteiger charge is 2.30. The zero-order valence-electron chi connectivity index (χ0n) is 13.4. The van der Waals surface area contributed by atoms with E-state index in [4.69, 9.17) is 0 Å². The van der Waals surface area contributed by atoms with Crippen molar-refractivity contribution in [3.8, 4) is 0 Å². The lowest BCUT2D eigenvalue weighted by molar-refractivity contribution is 0.0616. The van der Waals surface area contributed by atoms with E-state index < -0.39 is 0 Å². The molecule has 1 aliphatic rings. The smallest absolute Gasteiger partial charge is 0.264 e. The van der Waals surface area contributed by atoms with Gasteiger partial charge in [-0.05, 0) is 48.9 Å². The third-order valence-electron chi connectivity index (χ3n) is 4.56. The second-order valence-corrected chi connectivity index (χ2v) is 7.33. The number of benzene rings is 1. The molecule has 2 aromatic heterocycles. The fourth-order valence-electron chi connectivity index (χ4n) is 3.39. The second-order valence-electron chi connectivity index (χ2n) is 6.25. The van der Waals surface area contributed by atoms with E-state index in [1.165, 1.54) is 23.5 Å². The van der Waals surface area contributed by atoms with Crippen molar-refractivity contribution in [1.29, 1.82) is 0 Å². The van der Waals surface area contributed by atoms with Gasteiger partial charge in [0.2, 0.25) is 0 Å². The minimum absolute atomic E-state index is 0.0326. The summed E-state index contributed by atoms with van der Waals surface area (Å²) < 4.78 is 16.1. The lowest BCUT2D eigenvalue weighted by Gasteiger charge is -2.35. The molecular formula is C18H18FN3OS. The van der Waals surface area contributed by atoms with Gasteiger partial charge in [-0.25, -0.2) is 4.39 Å². The van der Waals surface area contributed by atoms with Crippen molar-refractivity contribution in [2.24, 2.45) is 7.05 Å². The van der Waals surface area contributed by atoms with Gasteiger partial charge in [-0.1, -0.05) is 0 Å². The number of hydrogen-bond acceptors (Lipinski definition) is 3. The maximum absolute atomic E-state index is 13.4. The number of hydrogen-bond donors (Lipinski definition) is 0. The average molecular weight is 343 g/mol. The van der Waals surface area contributed by atoms with E-state index in [0.29, 0.717) is 4.88 Å². The highest BCUT2D eigenvalue weighted by atomic mass is 32.1. The van der Waals surface area contributed by atoms with Crippen LogP contribution in [-0.2, 0) is 7.05 Å². The maximum atomic E-state index is 13.4. The van der Waals surface area contributed by atoms with E-state index in [2.05, 4.69) is 5.10 Å². The summed E-state index contributed by atoms with van der Waals surface area (Å²) in [4.78, 5) is 15.7. The molecule has 1 atom stereocenters. The molecule has 1 aliphatic heterocycles. The molecule has 124 valence electrons. The largest absolute Gasteiger partial charge is 0.331 e. The Balaban J connectivity index is 1.67. The number of likely N-dealkylation sites (tertiary alicyclic amines) is 1. The molecule has 1 saturated heterocycles. The van der Waals surface area contributed by atoms with Gasteiger partial charge in [0, 0.05) is 30.1 Å². The number of rotatable bonds is 2. The quantitative estimate of drug-likeness (QED) is 0.701. The normalized spacial score (nSPS) is 18.2. The van der Waals surface area contributed by atoms with Crippen LogP contribution in [0, 0.1) is 5.82 Å². The second kappa shape index (κ2) is 6.02. The van der Waals surface area contributed by atoms with Crippen LogP contribution in [0.15, 0.2) is 36.7 Å². The first-order valence-electron chi connectivity index (χ1n) is 8.10. The predicted octanol–water partition coefficient (Wildman–Crippen LogP) is 4.14. The fourth-order valence-corrected chi connectivity index (χ4v) is 4.39. The van der Waals surface area contributed by atoms with Crippen LogP contribution in [0.3, 0.4) is 0 Å². The van der Waals surface area contributed by atoms with Crippen molar-refractivity contribution in [1.82, 2.24) is 14.7 Å². The van der Waals surface area contributed by atoms with E-state index in [1.807, 2.05) is 24.3 Å². The summed E-state index contributed by atoms with van der Waals surface area (Å²) in [6.07, 6.45) is 6.91. The standard InChI is InChI=1S/C18H18FN3OS/c1-21-11-13(10-20-21)15-4-2-3-7-22(15)18(23)17-9-12-8-14(19)5-6-16(12)24-17/h5-6,8-11,15H,2-4,7H2,1H3/t15-/m0/s1. The van der Waals surface area contributed by atoms with Crippen LogP contribution in [0.2, 0.25) is 0 Å². The Kier molecular flexibility index (Phi) is 3.84. The van der Waals surface area contributed by atoms with Crippen LogP contribution in [0.4, 0.5) is 4.39 Å². The van der Waals surface area contributed by atoms with Crippen molar-refractivity contribution in [2.45, 2.75) is 25.3 Å². The van der Waals surface area contributed by atoms with Gasteiger partial charge >= 0.3 is 0 Å². The summed E-state index contributed by atoms with van der Waals surface area (Å²) in [5.74, 6) is -0.240. The van der Waals surface area contributed by atoms with Crippen LogP contribution in [0.5, 0.6) is 0 Å².